The van der Waals surface area contributed by atoms with Crippen LogP contribution >= 0.6 is 15.9 Å². The number of rotatable bonds is 7. The third-order valence-electron chi connectivity index (χ3n) is 4.12. The van der Waals surface area contributed by atoms with Gasteiger partial charge in [0.2, 0.25) is 0 Å². The Kier molecular flexibility index (Phi) is 5.25. The first-order valence-corrected chi connectivity index (χ1v) is 8.03. The van der Waals surface area contributed by atoms with Crippen LogP contribution in [0.25, 0.3) is 0 Å². The first-order valence-electron chi connectivity index (χ1n) is 7.24. The molecule has 0 aromatic heterocycles. The predicted molar refractivity (Wildman–Crippen MR) is 82.1 cm³/mol. The molecule has 2 heteroatoms. The lowest BCUT2D eigenvalue weighted by atomic mass is 9.71. The Balaban J connectivity index is 1.90. The summed E-state index contributed by atoms with van der Waals surface area (Å²) in [6.45, 7) is 4.58. The Hall–Kier alpha value is -0.340. The van der Waals surface area contributed by atoms with Crippen molar-refractivity contribution in [3.63, 3.8) is 0 Å². The summed E-state index contributed by atoms with van der Waals surface area (Å²) in [5, 5.41) is 3.46. The minimum atomic E-state index is 0.413. The van der Waals surface area contributed by atoms with Gasteiger partial charge in [-0.05, 0) is 24.1 Å². The lowest BCUT2D eigenvalue weighted by molar-refractivity contribution is 0.249. The third kappa shape index (κ3) is 3.36. The van der Waals surface area contributed by atoms with Gasteiger partial charge in [0.1, 0.15) is 0 Å². The maximum absolute atomic E-state index is 3.59. The highest BCUT2D eigenvalue weighted by Crippen LogP contribution is 2.35. The Labute approximate surface area is 119 Å². The number of benzene rings is 1. The van der Waals surface area contributed by atoms with Crippen LogP contribution in [0.5, 0.6) is 0 Å². The topological polar surface area (TPSA) is 12.0 Å². The van der Waals surface area contributed by atoms with Crippen LogP contribution in [0.3, 0.4) is 0 Å². The van der Waals surface area contributed by atoms with Crippen LogP contribution < -0.4 is 5.32 Å². The summed E-state index contributed by atoms with van der Waals surface area (Å²) in [6, 6.07) is 8.87. The van der Waals surface area contributed by atoms with E-state index in [1.807, 2.05) is 0 Å². The molecule has 1 aliphatic rings. The molecule has 1 aromatic rings. The van der Waals surface area contributed by atoms with Crippen molar-refractivity contribution in [2.75, 3.05) is 13.1 Å². The van der Waals surface area contributed by atoms with Crippen molar-refractivity contribution in [3.05, 3.63) is 34.3 Å². The largest absolute Gasteiger partial charge is 0.315 e. The van der Waals surface area contributed by atoms with Crippen LogP contribution in [0.4, 0.5) is 0 Å². The fourth-order valence-corrected chi connectivity index (χ4v) is 3.24. The van der Waals surface area contributed by atoms with Gasteiger partial charge in [-0.2, -0.15) is 0 Å². The molecule has 1 aliphatic heterocycles. The van der Waals surface area contributed by atoms with E-state index in [1.54, 1.807) is 0 Å². The molecule has 0 radical (unpaired) electrons. The highest BCUT2D eigenvalue weighted by Gasteiger charge is 2.37. The SMILES string of the molecule is CCCCCCCC1(c2cccc(Br)c2)CNC1. The second-order valence-electron chi connectivity index (χ2n) is 5.56. The van der Waals surface area contributed by atoms with E-state index in [0.29, 0.717) is 5.41 Å². The van der Waals surface area contributed by atoms with Gasteiger partial charge in [-0.15, -0.1) is 0 Å². The lowest BCUT2D eigenvalue weighted by Gasteiger charge is -2.43. The summed E-state index contributed by atoms with van der Waals surface area (Å²) >= 11 is 3.59. The van der Waals surface area contributed by atoms with Gasteiger partial charge in [-0.1, -0.05) is 67.1 Å². The summed E-state index contributed by atoms with van der Waals surface area (Å²) in [6.07, 6.45) is 8.22. The standard InChI is InChI=1S/C16H24BrN/c1-2-3-4-5-6-10-16(12-18-13-16)14-8-7-9-15(17)11-14/h7-9,11,18H,2-6,10,12-13H2,1H3. The van der Waals surface area contributed by atoms with Crippen LogP contribution in [0.1, 0.15) is 51.0 Å². The smallest absolute Gasteiger partial charge is 0.0203 e. The van der Waals surface area contributed by atoms with Crippen molar-refractivity contribution in [2.24, 2.45) is 0 Å². The Morgan fingerprint density at radius 2 is 1.94 bits per heavy atom. The molecule has 0 atom stereocenters. The molecule has 0 spiro atoms. The van der Waals surface area contributed by atoms with Crippen LogP contribution in [0.15, 0.2) is 28.7 Å². The quantitative estimate of drug-likeness (QED) is 0.723. The molecular formula is C16H24BrN. The minimum absolute atomic E-state index is 0.413. The monoisotopic (exact) mass is 309 g/mol. The second-order valence-corrected chi connectivity index (χ2v) is 6.47. The zero-order valence-corrected chi connectivity index (χ0v) is 12.9. The van der Waals surface area contributed by atoms with E-state index in [2.05, 4.69) is 52.4 Å². The fraction of sp³-hybridized carbons (Fsp3) is 0.625. The van der Waals surface area contributed by atoms with E-state index in [1.165, 1.54) is 48.6 Å². The molecule has 1 heterocycles. The van der Waals surface area contributed by atoms with Gasteiger partial charge >= 0.3 is 0 Å². The Morgan fingerprint density at radius 3 is 2.56 bits per heavy atom. The molecule has 0 unspecified atom stereocenters. The average Bonchev–Trinajstić information content (AvgIpc) is 2.32. The summed E-state index contributed by atoms with van der Waals surface area (Å²) in [4.78, 5) is 0. The summed E-state index contributed by atoms with van der Waals surface area (Å²) in [5.74, 6) is 0. The molecule has 18 heavy (non-hydrogen) atoms. The molecule has 0 amide bonds. The minimum Gasteiger partial charge on any atom is -0.315 e. The summed E-state index contributed by atoms with van der Waals surface area (Å²) < 4.78 is 1.21. The van der Waals surface area contributed by atoms with Gasteiger partial charge < -0.3 is 5.32 Å². The van der Waals surface area contributed by atoms with Crippen molar-refractivity contribution >= 4 is 15.9 Å². The van der Waals surface area contributed by atoms with Gasteiger partial charge in [-0.3, -0.25) is 0 Å². The first kappa shape index (κ1) is 14.1. The zero-order chi connectivity index (χ0) is 12.8. The second kappa shape index (κ2) is 6.72. The van der Waals surface area contributed by atoms with Gasteiger partial charge in [0.25, 0.3) is 0 Å². The van der Waals surface area contributed by atoms with E-state index < -0.39 is 0 Å². The van der Waals surface area contributed by atoms with E-state index >= 15 is 0 Å². The number of hydrogen-bond acceptors (Lipinski definition) is 1. The molecule has 100 valence electrons. The van der Waals surface area contributed by atoms with Gasteiger partial charge in [-0.25, -0.2) is 0 Å². The number of halogens is 1. The van der Waals surface area contributed by atoms with Gasteiger partial charge in [0, 0.05) is 23.0 Å². The van der Waals surface area contributed by atoms with Gasteiger partial charge in [0.15, 0.2) is 0 Å². The van der Waals surface area contributed by atoms with Crippen LogP contribution in [-0.2, 0) is 5.41 Å². The van der Waals surface area contributed by atoms with Crippen molar-refractivity contribution in [1.29, 1.82) is 0 Å². The van der Waals surface area contributed by atoms with Crippen molar-refractivity contribution in [3.8, 4) is 0 Å². The molecule has 0 aliphatic carbocycles. The van der Waals surface area contributed by atoms with Gasteiger partial charge in [0.05, 0.1) is 0 Å². The molecule has 1 saturated heterocycles. The van der Waals surface area contributed by atoms with E-state index in [0.717, 1.165) is 13.1 Å². The maximum Gasteiger partial charge on any atom is 0.0203 e. The normalized spacial score (nSPS) is 17.4. The molecule has 0 bridgehead atoms. The first-order chi connectivity index (χ1) is 8.77. The highest BCUT2D eigenvalue weighted by molar-refractivity contribution is 9.10. The molecule has 0 saturated carbocycles. The Morgan fingerprint density at radius 1 is 1.17 bits per heavy atom. The fourth-order valence-electron chi connectivity index (χ4n) is 2.84. The number of hydrogen-bond donors (Lipinski definition) is 1. The van der Waals surface area contributed by atoms with E-state index in [9.17, 15) is 0 Å². The predicted octanol–water partition coefficient (Wildman–Crippen LogP) is 4.65. The molecule has 1 nitrogen and oxygen atoms in total. The van der Waals surface area contributed by atoms with Crippen molar-refractivity contribution in [2.45, 2.75) is 50.9 Å². The summed E-state index contributed by atoms with van der Waals surface area (Å²) in [7, 11) is 0. The maximum atomic E-state index is 3.59. The zero-order valence-electron chi connectivity index (χ0n) is 11.3. The van der Waals surface area contributed by atoms with E-state index in [4.69, 9.17) is 0 Å². The van der Waals surface area contributed by atoms with Crippen LogP contribution in [0.2, 0.25) is 0 Å². The molecule has 1 aromatic carbocycles. The lowest BCUT2D eigenvalue weighted by Crippen LogP contribution is -2.56. The number of unbranched alkanes of at least 4 members (excludes halogenated alkanes) is 4. The summed E-state index contributed by atoms with van der Waals surface area (Å²) in [5.41, 5.74) is 1.92. The average molecular weight is 310 g/mol. The third-order valence-corrected chi connectivity index (χ3v) is 4.62. The molecule has 1 fully saturated rings. The molecule has 2 rings (SSSR count). The number of nitrogens with one attached hydrogen (secondary N) is 1. The van der Waals surface area contributed by atoms with Crippen molar-refractivity contribution in [1.82, 2.24) is 5.32 Å². The van der Waals surface area contributed by atoms with Crippen molar-refractivity contribution < 1.29 is 0 Å². The molecule has 1 N–H and O–H groups in total. The van der Waals surface area contributed by atoms with Crippen LogP contribution in [-0.4, -0.2) is 13.1 Å². The highest BCUT2D eigenvalue weighted by atomic mass is 79.9. The Bertz CT molecular complexity index is 371. The van der Waals surface area contributed by atoms with E-state index in [-0.39, 0.29) is 0 Å². The molecular weight excluding hydrogens is 286 g/mol. The van der Waals surface area contributed by atoms with Crippen LogP contribution in [0, 0.1) is 0 Å².